The Morgan fingerprint density at radius 2 is 1.70 bits per heavy atom. The summed E-state index contributed by atoms with van der Waals surface area (Å²) in [5.41, 5.74) is -1.94. The highest BCUT2D eigenvalue weighted by molar-refractivity contribution is 5.92. The molecule has 0 fully saturated rings. The Bertz CT molecular complexity index is 1080. The molecule has 4 nitrogen and oxygen atoms in total. The summed E-state index contributed by atoms with van der Waals surface area (Å²) < 4.78 is 84.4. The maximum absolute atomic E-state index is 13.7. The van der Waals surface area contributed by atoms with Gasteiger partial charge >= 0.3 is 6.18 Å². The molecule has 0 saturated heterocycles. The van der Waals surface area contributed by atoms with Crippen LogP contribution < -0.4 is 5.32 Å². The van der Waals surface area contributed by atoms with Gasteiger partial charge in [0, 0.05) is 11.1 Å². The van der Waals surface area contributed by atoms with Gasteiger partial charge in [0.05, 0.1) is 11.6 Å². The number of amides is 1. The van der Waals surface area contributed by atoms with Gasteiger partial charge in [-0.3, -0.25) is 4.79 Å². The van der Waals surface area contributed by atoms with E-state index >= 15 is 0 Å². The van der Waals surface area contributed by atoms with Gasteiger partial charge in [-0.1, -0.05) is 0 Å². The number of hydrogen-bond donors (Lipinski definition) is 1. The fourth-order valence-electron chi connectivity index (χ4n) is 2.65. The summed E-state index contributed by atoms with van der Waals surface area (Å²) in [7, 11) is 0. The molecular formula is C20H14F6N2O2. The normalized spacial score (nSPS) is 12.7. The van der Waals surface area contributed by atoms with Crippen LogP contribution in [0.25, 0.3) is 11.5 Å². The van der Waals surface area contributed by atoms with Gasteiger partial charge in [-0.05, 0) is 49.7 Å². The van der Waals surface area contributed by atoms with E-state index in [-0.39, 0.29) is 28.3 Å². The molecule has 0 aliphatic rings. The van der Waals surface area contributed by atoms with Gasteiger partial charge in [0.1, 0.15) is 23.7 Å². The SMILES string of the molecule is Cc1c(F)cc(C(C)NC(=O)c2coc(-c3ccc(F)c(C(F)(F)F)c3)n2)cc1F. The summed E-state index contributed by atoms with van der Waals surface area (Å²) in [6.07, 6.45) is -4.01. The van der Waals surface area contributed by atoms with Crippen LogP contribution in [0.3, 0.4) is 0 Å². The average Bonchev–Trinajstić information content (AvgIpc) is 3.15. The van der Waals surface area contributed by atoms with Crippen LogP contribution in [-0.4, -0.2) is 10.9 Å². The molecule has 0 saturated carbocycles. The molecule has 1 aromatic heterocycles. The third kappa shape index (κ3) is 4.32. The summed E-state index contributed by atoms with van der Waals surface area (Å²) in [4.78, 5) is 16.1. The first kappa shape index (κ1) is 21.4. The summed E-state index contributed by atoms with van der Waals surface area (Å²) in [6.45, 7) is 2.76. The van der Waals surface area contributed by atoms with E-state index in [1.165, 1.54) is 13.8 Å². The lowest BCUT2D eigenvalue weighted by Crippen LogP contribution is -2.27. The van der Waals surface area contributed by atoms with Crippen LogP contribution >= 0.6 is 0 Å². The molecule has 3 aromatic rings. The maximum atomic E-state index is 13.7. The standard InChI is InChI=1S/C20H14F6N2O2/c1-9-15(22)6-12(7-16(9)23)10(2)27-18(29)17-8-30-19(28-17)11-3-4-14(21)13(5-11)20(24,25)26/h3-8,10H,1-2H3,(H,27,29). The van der Waals surface area contributed by atoms with E-state index in [9.17, 15) is 31.1 Å². The lowest BCUT2D eigenvalue weighted by molar-refractivity contribution is -0.139. The number of halogens is 6. The zero-order valence-corrected chi connectivity index (χ0v) is 15.6. The molecule has 1 unspecified atom stereocenters. The van der Waals surface area contributed by atoms with Crippen molar-refractivity contribution in [3.05, 3.63) is 76.4 Å². The van der Waals surface area contributed by atoms with E-state index in [4.69, 9.17) is 4.42 Å². The zero-order chi connectivity index (χ0) is 22.2. The molecule has 1 atom stereocenters. The van der Waals surface area contributed by atoms with Gasteiger partial charge < -0.3 is 9.73 Å². The van der Waals surface area contributed by atoms with Crippen LogP contribution in [0.1, 0.15) is 40.1 Å². The molecular weight excluding hydrogens is 414 g/mol. The predicted octanol–water partition coefficient (Wildman–Crippen LogP) is 5.58. The number of rotatable bonds is 4. The van der Waals surface area contributed by atoms with Crippen molar-refractivity contribution in [2.45, 2.75) is 26.1 Å². The van der Waals surface area contributed by atoms with Crippen molar-refractivity contribution in [3.63, 3.8) is 0 Å². The Morgan fingerprint density at radius 1 is 1.07 bits per heavy atom. The van der Waals surface area contributed by atoms with Crippen molar-refractivity contribution in [3.8, 4) is 11.5 Å². The lowest BCUT2D eigenvalue weighted by atomic mass is 10.1. The monoisotopic (exact) mass is 428 g/mol. The van der Waals surface area contributed by atoms with E-state index in [2.05, 4.69) is 10.3 Å². The summed E-state index contributed by atoms with van der Waals surface area (Å²) >= 11 is 0. The first-order valence-electron chi connectivity index (χ1n) is 8.56. The number of aromatic nitrogens is 1. The zero-order valence-electron chi connectivity index (χ0n) is 15.6. The van der Waals surface area contributed by atoms with Crippen molar-refractivity contribution >= 4 is 5.91 Å². The fourth-order valence-corrected chi connectivity index (χ4v) is 2.65. The molecule has 1 amide bonds. The highest BCUT2D eigenvalue weighted by Gasteiger charge is 2.34. The van der Waals surface area contributed by atoms with Gasteiger partial charge in [0.25, 0.3) is 5.91 Å². The minimum atomic E-state index is -4.92. The highest BCUT2D eigenvalue weighted by Crippen LogP contribution is 2.34. The van der Waals surface area contributed by atoms with Crippen LogP contribution in [0.2, 0.25) is 0 Å². The Kier molecular flexibility index (Phi) is 5.60. The number of benzene rings is 2. The molecule has 0 aliphatic carbocycles. The highest BCUT2D eigenvalue weighted by atomic mass is 19.4. The molecule has 2 aromatic carbocycles. The number of nitrogens with zero attached hydrogens (tertiary/aromatic N) is 1. The van der Waals surface area contributed by atoms with Crippen molar-refractivity contribution in [2.24, 2.45) is 0 Å². The molecule has 1 heterocycles. The van der Waals surface area contributed by atoms with Gasteiger partial charge in [-0.15, -0.1) is 0 Å². The molecule has 10 heteroatoms. The topological polar surface area (TPSA) is 55.1 Å². The molecule has 30 heavy (non-hydrogen) atoms. The van der Waals surface area contributed by atoms with E-state index in [0.717, 1.165) is 24.5 Å². The number of nitrogens with one attached hydrogen (secondary N) is 1. The molecule has 3 rings (SSSR count). The van der Waals surface area contributed by atoms with Crippen molar-refractivity contribution in [1.82, 2.24) is 10.3 Å². The molecule has 0 radical (unpaired) electrons. The second-order valence-corrected chi connectivity index (χ2v) is 6.53. The molecule has 0 aliphatic heterocycles. The van der Waals surface area contributed by atoms with Crippen LogP contribution in [0.5, 0.6) is 0 Å². The van der Waals surface area contributed by atoms with Crippen molar-refractivity contribution < 1.29 is 35.6 Å². The van der Waals surface area contributed by atoms with E-state index in [1.54, 1.807) is 0 Å². The van der Waals surface area contributed by atoms with Crippen LogP contribution in [0.4, 0.5) is 26.3 Å². The van der Waals surface area contributed by atoms with E-state index in [1.807, 2.05) is 0 Å². The van der Waals surface area contributed by atoms with Crippen LogP contribution in [-0.2, 0) is 6.18 Å². The van der Waals surface area contributed by atoms with Gasteiger partial charge in [-0.25, -0.2) is 18.2 Å². The summed E-state index contributed by atoms with van der Waals surface area (Å²) in [5.74, 6) is -4.11. The number of alkyl halides is 3. The van der Waals surface area contributed by atoms with E-state index < -0.39 is 41.1 Å². The predicted molar refractivity (Wildman–Crippen MR) is 93.9 cm³/mol. The smallest absolute Gasteiger partial charge is 0.419 e. The lowest BCUT2D eigenvalue weighted by Gasteiger charge is -2.14. The Morgan fingerprint density at radius 3 is 2.30 bits per heavy atom. The number of carbonyl (C=O) groups excluding carboxylic acids is 1. The number of hydrogen-bond acceptors (Lipinski definition) is 3. The van der Waals surface area contributed by atoms with Gasteiger partial charge in [0.2, 0.25) is 5.89 Å². The first-order chi connectivity index (χ1) is 14.0. The second kappa shape index (κ2) is 7.85. The molecule has 0 bridgehead atoms. The van der Waals surface area contributed by atoms with E-state index in [0.29, 0.717) is 12.1 Å². The Labute approximate surface area is 166 Å². The average molecular weight is 428 g/mol. The Balaban J connectivity index is 1.80. The van der Waals surface area contributed by atoms with Crippen molar-refractivity contribution in [1.29, 1.82) is 0 Å². The Hall–Kier alpha value is -3.30. The second-order valence-electron chi connectivity index (χ2n) is 6.53. The molecule has 1 N–H and O–H groups in total. The number of carbonyl (C=O) groups is 1. The number of oxazole rings is 1. The molecule has 0 spiro atoms. The summed E-state index contributed by atoms with van der Waals surface area (Å²) in [6, 6.07) is 3.51. The largest absolute Gasteiger partial charge is 0.444 e. The third-order valence-electron chi connectivity index (χ3n) is 4.41. The minimum Gasteiger partial charge on any atom is -0.444 e. The fraction of sp³-hybridized carbons (Fsp3) is 0.200. The molecule has 158 valence electrons. The quantitative estimate of drug-likeness (QED) is 0.553. The summed E-state index contributed by atoms with van der Waals surface area (Å²) in [5, 5.41) is 2.46. The van der Waals surface area contributed by atoms with Gasteiger partial charge in [0.15, 0.2) is 5.69 Å². The van der Waals surface area contributed by atoms with Crippen LogP contribution in [0, 0.1) is 24.4 Å². The minimum absolute atomic E-state index is 0.157. The van der Waals surface area contributed by atoms with Crippen LogP contribution in [0.15, 0.2) is 41.0 Å². The third-order valence-corrected chi connectivity index (χ3v) is 4.41. The first-order valence-corrected chi connectivity index (χ1v) is 8.56. The van der Waals surface area contributed by atoms with Crippen molar-refractivity contribution in [2.75, 3.05) is 0 Å². The van der Waals surface area contributed by atoms with Gasteiger partial charge in [-0.2, -0.15) is 13.2 Å². The maximum Gasteiger partial charge on any atom is 0.419 e.